The van der Waals surface area contributed by atoms with E-state index < -0.39 is 0 Å². The molecule has 0 aromatic heterocycles. The third-order valence-electron chi connectivity index (χ3n) is 2.79. The highest BCUT2D eigenvalue weighted by Gasteiger charge is 2.17. The number of aliphatic hydroxyl groups is 1. The third-order valence-corrected chi connectivity index (χ3v) is 4.13. The number of esters is 1. The number of carbonyl (C=O) groups is 1. The van der Waals surface area contributed by atoms with Crippen molar-refractivity contribution in [3.63, 3.8) is 0 Å². The van der Waals surface area contributed by atoms with Gasteiger partial charge in [0.25, 0.3) is 0 Å². The van der Waals surface area contributed by atoms with Gasteiger partial charge >= 0.3 is 5.97 Å². The van der Waals surface area contributed by atoms with Crippen LogP contribution >= 0.6 is 11.8 Å². The number of carbonyl (C=O) groups excluding carboxylic acids is 1. The van der Waals surface area contributed by atoms with Crippen molar-refractivity contribution in [2.24, 2.45) is 0 Å². The monoisotopic (exact) mass is 276 g/mol. The van der Waals surface area contributed by atoms with E-state index in [0.717, 1.165) is 19.3 Å². The van der Waals surface area contributed by atoms with E-state index in [-0.39, 0.29) is 17.8 Å². The van der Waals surface area contributed by atoms with Gasteiger partial charge in [0, 0.05) is 5.75 Å². The van der Waals surface area contributed by atoms with Crippen molar-refractivity contribution in [2.45, 2.75) is 64.0 Å². The molecule has 0 aliphatic carbocycles. The molecule has 18 heavy (non-hydrogen) atoms. The summed E-state index contributed by atoms with van der Waals surface area (Å²) in [7, 11) is 0. The molecule has 0 aliphatic rings. The lowest BCUT2D eigenvalue weighted by atomic mass is 10.1. The lowest BCUT2D eigenvalue weighted by Crippen LogP contribution is -2.21. The molecular formula is C14H28O3S. The maximum absolute atomic E-state index is 11.7. The zero-order chi connectivity index (χ0) is 13.6. The summed E-state index contributed by atoms with van der Waals surface area (Å²) in [6.07, 6.45) is 7.96. The molecule has 0 spiro atoms. The Morgan fingerprint density at radius 3 is 2.44 bits per heavy atom. The molecule has 0 bridgehead atoms. The fraction of sp³-hybridized carbons (Fsp3) is 0.929. The number of unbranched alkanes of at least 4 members (excludes halogenated alkanes) is 5. The first-order chi connectivity index (χ1) is 8.76. The first-order valence-corrected chi connectivity index (χ1v) is 8.20. The maximum Gasteiger partial charge on any atom is 0.319 e. The van der Waals surface area contributed by atoms with Crippen molar-refractivity contribution < 1.29 is 14.6 Å². The highest BCUT2D eigenvalue weighted by molar-refractivity contribution is 8.00. The molecule has 0 aliphatic heterocycles. The molecule has 0 aromatic rings. The zero-order valence-corrected chi connectivity index (χ0v) is 12.6. The van der Waals surface area contributed by atoms with E-state index in [4.69, 9.17) is 9.84 Å². The second-order valence-corrected chi connectivity index (χ2v) is 5.74. The number of hydrogen-bond donors (Lipinski definition) is 1. The summed E-state index contributed by atoms with van der Waals surface area (Å²) in [5.74, 6) is 0.481. The van der Waals surface area contributed by atoms with Gasteiger partial charge in [0.2, 0.25) is 0 Å². The van der Waals surface area contributed by atoms with Gasteiger partial charge in [0.05, 0.1) is 13.2 Å². The fourth-order valence-electron chi connectivity index (χ4n) is 1.70. The smallest absolute Gasteiger partial charge is 0.319 e. The van der Waals surface area contributed by atoms with Crippen LogP contribution in [0.25, 0.3) is 0 Å². The molecule has 108 valence electrons. The van der Waals surface area contributed by atoms with Gasteiger partial charge in [-0.25, -0.2) is 0 Å². The predicted molar refractivity (Wildman–Crippen MR) is 78.0 cm³/mol. The van der Waals surface area contributed by atoms with Crippen LogP contribution in [0.1, 0.15) is 58.8 Å². The topological polar surface area (TPSA) is 46.5 Å². The number of rotatable bonds is 12. The minimum absolute atomic E-state index is 0.114. The molecule has 0 amide bonds. The average molecular weight is 276 g/mol. The van der Waals surface area contributed by atoms with Crippen molar-refractivity contribution in [3.05, 3.63) is 0 Å². The van der Waals surface area contributed by atoms with Gasteiger partial charge in [-0.05, 0) is 12.8 Å². The van der Waals surface area contributed by atoms with Gasteiger partial charge in [-0.15, -0.1) is 11.8 Å². The minimum atomic E-state index is -0.121. The zero-order valence-electron chi connectivity index (χ0n) is 11.8. The third kappa shape index (κ3) is 9.77. The molecule has 1 unspecified atom stereocenters. The molecule has 3 nitrogen and oxygen atoms in total. The van der Waals surface area contributed by atoms with Crippen molar-refractivity contribution in [1.82, 2.24) is 0 Å². The summed E-state index contributed by atoms with van der Waals surface area (Å²) in [6, 6.07) is 0. The maximum atomic E-state index is 11.7. The van der Waals surface area contributed by atoms with Crippen molar-refractivity contribution >= 4 is 17.7 Å². The Hall–Kier alpha value is -0.220. The lowest BCUT2D eigenvalue weighted by Gasteiger charge is -2.13. The van der Waals surface area contributed by atoms with Gasteiger partial charge in [0.1, 0.15) is 5.25 Å². The molecule has 0 fully saturated rings. The highest BCUT2D eigenvalue weighted by atomic mass is 32.2. The van der Waals surface area contributed by atoms with Gasteiger partial charge in [-0.1, -0.05) is 46.0 Å². The van der Waals surface area contributed by atoms with Crippen molar-refractivity contribution in [1.29, 1.82) is 0 Å². The Morgan fingerprint density at radius 2 is 1.83 bits per heavy atom. The van der Waals surface area contributed by atoms with Crippen LogP contribution in [-0.2, 0) is 9.53 Å². The largest absolute Gasteiger partial charge is 0.465 e. The SMILES string of the molecule is CCCCCCCCOC(=O)C(CC)SCCO. The molecule has 0 aromatic carbocycles. The Morgan fingerprint density at radius 1 is 1.17 bits per heavy atom. The quantitative estimate of drug-likeness (QED) is 0.438. The molecule has 1 atom stereocenters. The summed E-state index contributed by atoms with van der Waals surface area (Å²) >= 11 is 1.48. The lowest BCUT2D eigenvalue weighted by molar-refractivity contribution is -0.143. The number of ether oxygens (including phenoxy) is 1. The number of hydrogen-bond acceptors (Lipinski definition) is 4. The van der Waals surface area contributed by atoms with Gasteiger partial charge in [0.15, 0.2) is 0 Å². The van der Waals surface area contributed by atoms with Crippen molar-refractivity contribution in [2.75, 3.05) is 19.0 Å². The summed E-state index contributed by atoms with van der Waals surface area (Å²) in [6.45, 7) is 4.84. The van der Waals surface area contributed by atoms with E-state index in [1.54, 1.807) is 0 Å². The molecule has 1 N–H and O–H groups in total. The first-order valence-electron chi connectivity index (χ1n) is 7.15. The highest BCUT2D eigenvalue weighted by Crippen LogP contribution is 2.16. The van der Waals surface area contributed by atoms with Crippen LogP contribution in [0.5, 0.6) is 0 Å². The molecule has 0 heterocycles. The molecule has 0 radical (unpaired) electrons. The summed E-state index contributed by atoms with van der Waals surface area (Å²) in [4.78, 5) is 11.7. The van der Waals surface area contributed by atoms with Gasteiger partial charge in [-0.3, -0.25) is 4.79 Å². The van der Waals surface area contributed by atoms with E-state index >= 15 is 0 Å². The Labute approximate surface area is 116 Å². The Kier molecular flexibility index (Phi) is 13.1. The summed E-state index contributed by atoms with van der Waals surface area (Å²) in [5.41, 5.74) is 0. The number of thioether (sulfide) groups is 1. The Balaban J connectivity index is 3.49. The van der Waals surface area contributed by atoms with Crippen LogP contribution in [0.2, 0.25) is 0 Å². The van der Waals surface area contributed by atoms with Crippen LogP contribution in [0.3, 0.4) is 0 Å². The Bertz CT molecular complexity index is 197. The molecule has 0 saturated carbocycles. The summed E-state index contributed by atoms with van der Waals surface area (Å²) < 4.78 is 5.26. The van der Waals surface area contributed by atoms with E-state index in [0.29, 0.717) is 12.4 Å². The van der Waals surface area contributed by atoms with Crippen LogP contribution in [0.15, 0.2) is 0 Å². The predicted octanol–water partition coefficient (Wildman–Crippen LogP) is 3.39. The second-order valence-electron chi connectivity index (χ2n) is 4.43. The molecular weight excluding hydrogens is 248 g/mol. The van der Waals surface area contributed by atoms with Crippen LogP contribution in [-0.4, -0.2) is 35.3 Å². The van der Waals surface area contributed by atoms with E-state index in [2.05, 4.69) is 6.92 Å². The van der Waals surface area contributed by atoms with Crippen LogP contribution in [0.4, 0.5) is 0 Å². The van der Waals surface area contributed by atoms with Gasteiger partial charge < -0.3 is 9.84 Å². The summed E-state index contributed by atoms with van der Waals surface area (Å²) in [5, 5.41) is 8.62. The normalized spacial score (nSPS) is 12.4. The van der Waals surface area contributed by atoms with Crippen molar-refractivity contribution in [3.8, 4) is 0 Å². The molecule has 0 saturated heterocycles. The van der Waals surface area contributed by atoms with Gasteiger partial charge in [-0.2, -0.15) is 0 Å². The van der Waals surface area contributed by atoms with Crippen LogP contribution < -0.4 is 0 Å². The standard InChI is InChI=1S/C14H28O3S/c1-3-5-6-7-8-9-11-17-14(16)13(4-2)18-12-10-15/h13,15H,3-12H2,1-2H3. The van der Waals surface area contributed by atoms with E-state index in [1.807, 2.05) is 6.92 Å². The first kappa shape index (κ1) is 17.8. The minimum Gasteiger partial charge on any atom is -0.465 e. The van der Waals surface area contributed by atoms with E-state index in [9.17, 15) is 4.79 Å². The fourth-order valence-corrected chi connectivity index (χ4v) is 2.53. The molecule has 4 heteroatoms. The number of aliphatic hydroxyl groups excluding tert-OH is 1. The van der Waals surface area contributed by atoms with Crippen LogP contribution in [0, 0.1) is 0 Å². The van der Waals surface area contributed by atoms with E-state index in [1.165, 1.54) is 37.4 Å². The second kappa shape index (κ2) is 13.2. The molecule has 0 rings (SSSR count). The average Bonchev–Trinajstić information content (AvgIpc) is 2.38.